The summed E-state index contributed by atoms with van der Waals surface area (Å²) in [5, 5.41) is 0. The van der Waals surface area contributed by atoms with Gasteiger partial charge in [0.25, 0.3) is 0 Å². The fourth-order valence-corrected chi connectivity index (χ4v) is 9.16. The number of carbonyl (C=O) groups is 3. The maximum absolute atomic E-state index is 12.9. The molecule has 1 atom stereocenters. The summed E-state index contributed by atoms with van der Waals surface area (Å²) in [6.45, 7) is 6.55. The summed E-state index contributed by atoms with van der Waals surface area (Å²) in [7, 11) is 0. The topological polar surface area (TPSA) is 78.9 Å². The minimum absolute atomic E-state index is 0.0794. The molecule has 0 amide bonds. The average Bonchev–Trinajstić information content (AvgIpc) is 3.37. The van der Waals surface area contributed by atoms with Gasteiger partial charge in [0.05, 0.1) is 0 Å². The summed E-state index contributed by atoms with van der Waals surface area (Å²) in [6, 6.07) is 0. The third-order valence-corrected chi connectivity index (χ3v) is 13.8. The van der Waals surface area contributed by atoms with E-state index in [1.165, 1.54) is 205 Å². The van der Waals surface area contributed by atoms with Gasteiger partial charge in [0.2, 0.25) is 0 Å². The van der Waals surface area contributed by atoms with Gasteiger partial charge in [-0.2, -0.15) is 0 Å². The molecule has 0 saturated carbocycles. The molecule has 0 aromatic carbocycles. The molecule has 0 bridgehead atoms. The lowest BCUT2D eigenvalue weighted by Gasteiger charge is -2.18. The molecule has 0 rings (SSSR count). The van der Waals surface area contributed by atoms with Gasteiger partial charge in [0.1, 0.15) is 13.2 Å². The molecule has 0 N–H and O–H groups in total. The normalized spacial score (nSPS) is 12.3. The highest BCUT2D eigenvalue weighted by atomic mass is 16.6. The van der Waals surface area contributed by atoms with Gasteiger partial charge in [-0.1, -0.05) is 281 Å². The van der Waals surface area contributed by atoms with Crippen LogP contribution in [-0.2, 0) is 28.6 Å². The molecule has 0 aliphatic heterocycles. The molecule has 0 aliphatic carbocycles. The highest BCUT2D eigenvalue weighted by Crippen LogP contribution is 2.17. The van der Waals surface area contributed by atoms with Crippen molar-refractivity contribution in [2.24, 2.45) is 0 Å². The molecule has 6 heteroatoms. The van der Waals surface area contributed by atoms with Gasteiger partial charge in [-0.25, -0.2) is 0 Å². The zero-order chi connectivity index (χ0) is 51.4. The minimum Gasteiger partial charge on any atom is -0.462 e. The van der Waals surface area contributed by atoms with E-state index < -0.39 is 6.10 Å². The Bertz CT molecular complexity index is 1230. The van der Waals surface area contributed by atoms with E-state index in [0.29, 0.717) is 19.3 Å². The summed E-state index contributed by atoms with van der Waals surface area (Å²) < 4.78 is 16.9. The Kier molecular flexibility index (Phi) is 57.7. The molecule has 0 aromatic rings. The first-order valence-electron chi connectivity index (χ1n) is 31.1. The third kappa shape index (κ3) is 58.1. The molecule has 0 aliphatic rings. The Morgan fingerprint density at radius 1 is 0.296 bits per heavy atom. The van der Waals surface area contributed by atoms with E-state index in [2.05, 4.69) is 69.4 Å². The molecule has 0 spiro atoms. The highest BCUT2D eigenvalue weighted by molar-refractivity contribution is 5.71. The minimum atomic E-state index is -0.783. The van der Waals surface area contributed by atoms with E-state index in [9.17, 15) is 14.4 Å². The van der Waals surface area contributed by atoms with Crippen molar-refractivity contribution in [3.63, 3.8) is 0 Å². The van der Waals surface area contributed by atoms with Crippen molar-refractivity contribution in [2.45, 2.75) is 335 Å². The summed E-state index contributed by atoms with van der Waals surface area (Å²) in [5.74, 6) is -0.892. The van der Waals surface area contributed by atoms with E-state index in [-0.39, 0.29) is 31.1 Å². The van der Waals surface area contributed by atoms with Crippen LogP contribution in [0.2, 0.25) is 0 Å². The molecule has 0 aromatic heterocycles. The number of carbonyl (C=O) groups excluding carboxylic acids is 3. The number of rotatable bonds is 57. The summed E-state index contributed by atoms with van der Waals surface area (Å²) in [4.78, 5) is 38.2. The number of allylic oxidation sites excluding steroid dienone is 8. The lowest BCUT2D eigenvalue weighted by Crippen LogP contribution is -2.30. The van der Waals surface area contributed by atoms with Crippen molar-refractivity contribution >= 4 is 17.9 Å². The summed E-state index contributed by atoms with van der Waals surface area (Å²) in [6.07, 6.45) is 74.1. The van der Waals surface area contributed by atoms with Crippen molar-refractivity contribution in [3.8, 4) is 0 Å². The fourth-order valence-electron chi connectivity index (χ4n) is 9.16. The lowest BCUT2D eigenvalue weighted by atomic mass is 10.0. The summed E-state index contributed by atoms with van der Waals surface area (Å²) >= 11 is 0. The van der Waals surface area contributed by atoms with E-state index in [1.807, 2.05) is 0 Å². The Morgan fingerprint density at radius 3 is 0.887 bits per heavy atom. The van der Waals surface area contributed by atoms with E-state index in [0.717, 1.165) is 83.5 Å². The van der Waals surface area contributed by atoms with Crippen molar-refractivity contribution in [3.05, 3.63) is 48.6 Å². The van der Waals surface area contributed by atoms with E-state index in [1.54, 1.807) is 0 Å². The second-order valence-corrected chi connectivity index (χ2v) is 20.9. The van der Waals surface area contributed by atoms with Crippen LogP contribution < -0.4 is 0 Å². The third-order valence-electron chi connectivity index (χ3n) is 13.8. The summed E-state index contributed by atoms with van der Waals surface area (Å²) in [5.41, 5.74) is 0. The van der Waals surface area contributed by atoms with Gasteiger partial charge in [0.15, 0.2) is 6.10 Å². The second-order valence-electron chi connectivity index (χ2n) is 20.9. The second kappa shape index (κ2) is 59.9. The average molecular weight is 996 g/mol. The fraction of sp³-hybridized carbons (Fsp3) is 0.831. The first-order valence-corrected chi connectivity index (χ1v) is 31.1. The molecular weight excluding hydrogens is 877 g/mol. The first kappa shape index (κ1) is 68.4. The number of esters is 3. The SMILES string of the molecule is CC/C=C\C/C=C\C/C=C\CCCCCC(=O)OCC(COC(=O)CCCCCCCCCCCCC/C=C\CCCCCCCCCC)OC(=O)CCCCCCCCCCCCCCCCCCC. The lowest BCUT2D eigenvalue weighted by molar-refractivity contribution is -0.167. The standard InChI is InChI=1S/C65H118O6/c1-4-7-10-13-16-19-22-25-27-29-30-31-32-33-34-36-37-40-43-46-49-52-55-58-64(67)70-61-62(60-69-63(66)57-54-51-48-45-42-39-24-21-18-15-12-9-6-3)71-65(68)59-56-53-50-47-44-41-38-35-28-26-23-20-17-14-11-8-5-2/h9,12,18,21,29-30,39,42,62H,4-8,10-11,13-17,19-20,22-28,31-38,40-41,43-61H2,1-3H3/b12-9-,21-18-,30-29-,42-39-. The number of ether oxygens (including phenoxy) is 3. The predicted molar refractivity (Wildman–Crippen MR) is 307 cm³/mol. The van der Waals surface area contributed by atoms with Crippen LogP contribution in [0, 0.1) is 0 Å². The molecule has 0 heterocycles. The Labute approximate surface area is 441 Å². The van der Waals surface area contributed by atoms with Gasteiger partial charge in [0, 0.05) is 19.3 Å². The smallest absolute Gasteiger partial charge is 0.306 e. The first-order chi connectivity index (χ1) is 35.0. The van der Waals surface area contributed by atoms with Gasteiger partial charge < -0.3 is 14.2 Å². The largest absolute Gasteiger partial charge is 0.462 e. The number of unbranched alkanes of at least 4 members (excludes halogenated alkanes) is 38. The molecule has 0 fully saturated rings. The van der Waals surface area contributed by atoms with Gasteiger partial charge in [-0.05, 0) is 77.0 Å². The van der Waals surface area contributed by atoms with Crippen LogP contribution in [0.25, 0.3) is 0 Å². The van der Waals surface area contributed by atoms with Crippen LogP contribution >= 0.6 is 0 Å². The van der Waals surface area contributed by atoms with Crippen LogP contribution in [0.15, 0.2) is 48.6 Å². The molecule has 0 radical (unpaired) electrons. The maximum atomic E-state index is 12.9. The van der Waals surface area contributed by atoms with Crippen LogP contribution in [0.1, 0.15) is 329 Å². The van der Waals surface area contributed by atoms with Gasteiger partial charge in [-0.15, -0.1) is 0 Å². The van der Waals surface area contributed by atoms with Crippen LogP contribution in [0.3, 0.4) is 0 Å². The van der Waals surface area contributed by atoms with E-state index >= 15 is 0 Å². The van der Waals surface area contributed by atoms with Crippen molar-refractivity contribution in [1.29, 1.82) is 0 Å². The molecule has 6 nitrogen and oxygen atoms in total. The van der Waals surface area contributed by atoms with Crippen molar-refractivity contribution in [1.82, 2.24) is 0 Å². The van der Waals surface area contributed by atoms with Crippen LogP contribution in [0.4, 0.5) is 0 Å². The monoisotopic (exact) mass is 995 g/mol. The number of hydrogen-bond donors (Lipinski definition) is 0. The quantitative estimate of drug-likeness (QED) is 0.0261. The maximum Gasteiger partial charge on any atom is 0.306 e. The molecule has 414 valence electrons. The Balaban J connectivity index is 4.29. The van der Waals surface area contributed by atoms with Gasteiger partial charge in [-0.3, -0.25) is 14.4 Å². The Hall–Kier alpha value is -2.63. The Morgan fingerprint density at radius 2 is 0.549 bits per heavy atom. The van der Waals surface area contributed by atoms with E-state index in [4.69, 9.17) is 14.2 Å². The highest BCUT2D eigenvalue weighted by Gasteiger charge is 2.19. The van der Waals surface area contributed by atoms with Crippen LogP contribution in [0.5, 0.6) is 0 Å². The molecule has 71 heavy (non-hydrogen) atoms. The van der Waals surface area contributed by atoms with Crippen molar-refractivity contribution < 1.29 is 28.6 Å². The van der Waals surface area contributed by atoms with Gasteiger partial charge >= 0.3 is 17.9 Å². The zero-order valence-corrected chi connectivity index (χ0v) is 47.5. The molecule has 0 saturated heterocycles. The predicted octanol–water partition coefficient (Wildman–Crippen LogP) is 21.0. The molecule has 1 unspecified atom stereocenters. The number of hydrogen-bond acceptors (Lipinski definition) is 6. The molecular formula is C65H118O6. The zero-order valence-electron chi connectivity index (χ0n) is 47.5. The van der Waals surface area contributed by atoms with Crippen LogP contribution in [-0.4, -0.2) is 37.2 Å². The van der Waals surface area contributed by atoms with Crippen molar-refractivity contribution in [2.75, 3.05) is 13.2 Å².